The van der Waals surface area contributed by atoms with Crippen LogP contribution in [0.2, 0.25) is 0 Å². The van der Waals surface area contributed by atoms with Crippen LogP contribution in [0.5, 0.6) is 0 Å². The van der Waals surface area contributed by atoms with Crippen LogP contribution < -0.4 is 0 Å². The van der Waals surface area contributed by atoms with Gasteiger partial charge in [-0.3, -0.25) is 9.69 Å². The fraction of sp³-hybridized carbons (Fsp3) is 0.571. The number of piperidine rings is 1. The van der Waals surface area contributed by atoms with Crippen molar-refractivity contribution in [1.29, 1.82) is 0 Å². The largest absolute Gasteiger partial charge is 0.463 e. The number of rotatable bonds is 5. The summed E-state index contributed by atoms with van der Waals surface area (Å²) in [5, 5.41) is 1.40. The van der Waals surface area contributed by atoms with Crippen LogP contribution in [0.3, 0.4) is 0 Å². The molecular weight excluding hydrogens is 328 g/mol. The lowest BCUT2D eigenvalue weighted by Crippen LogP contribution is -2.51. The van der Waals surface area contributed by atoms with Crippen LogP contribution in [0.15, 0.2) is 24.4 Å². The Hall–Kier alpha value is -1.85. The van der Waals surface area contributed by atoms with Gasteiger partial charge in [-0.25, -0.2) is 0 Å². The van der Waals surface area contributed by atoms with Gasteiger partial charge in [0.05, 0.1) is 12.5 Å². The highest BCUT2D eigenvalue weighted by atomic mass is 16.6. The minimum absolute atomic E-state index is 0.0615. The van der Waals surface area contributed by atoms with Gasteiger partial charge in [0.1, 0.15) is 6.61 Å². The highest BCUT2D eigenvalue weighted by Gasteiger charge is 2.42. The average Bonchev–Trinajstić information content (AvgIpc) is 2.98. The van der Waals surface area contributed by atoms with E-state index < -0.39 is 0 Å². The third kappa shape index (κ3) is 2.83. The van der Waals surface area contributed by atoms with Gasteiger partial charge in [-0.15, -0.1) is 0 Å². The van der Waals surface area contributed by atoms with E-state index in [0.29, 0.717) is 25.2 Å². The minimum atomic E-state index is -0.0787. The maximum atomic E-state index is 12.6. The van der Waals surface area contributed by atoms with E-state index in [0.717, 1.165) is 25.9 Å². The predicted octanol–water partition coefficient (Wildman–Crippen LogP) is 2.72. The summed E-state index contributed by atoms with van der Waals surface area (Å²) in [6.45, 7) is 4.73. The summed E-state index contributed by atoms with van der Waals surface area (Å²) in [5.41, 5.74) is 4.14. The van der Waals surface area contributed by atoms with Gasteiger partial charge in [-0.1, -0.05) is 19.1 Å². The number of likely N-dealkylation sites (N-methyl/N-ethyl adjacent to an activating group) is 1. The van der Waals surface area contributed by atoms with Gasteiger partial charge in [-0.2, -0.15) is 0 Å². The highest BCUT2D eigenvalue weighted by Crippen LogP contribution is 2.45. The van der Waals surface area contributed by atoms with Gasteiger partial charge in [0, 0.05) is 49.8 Å². The summed E-state index contributed by atoms with van der Waals surface area (Å²) >= 11 is 0. The Bertz CT molecular complexity index is 813. The zero-order chi connectivity index (χ0) is 18.3. The number of aryl methyl sites for hydroxylation is 1. The molecule has 1 saturated heterocycles. The molecule has 1 aromatic carbocycles. The molecule has 0 unspecified atom stereocenters. The molecule has 1 aromatic heterocycles. The van der Waals surface area contributed by atoms with E-state index in [2.05, 4.69) is 47.8 Å². The Morgan fingerprint density at radius 1 is 1.31 bits per heavy atom. The summed E-state index contributed by atoms with van der Waals surface area (Å²) in [5.74, 6) is 0.251. The van der Waals surface area contributed by atoms with E-state index in [4.69, 9.17) is 9.47 Å². The van der Waals surface area contributed by atoms with E-state index in [9.17, 15) is 4.79 Å². The third-order valence-corrected chi connectivity index (χ3v) is 6.15. The summed E-state index contributed by atoms with van der Waals surface area (Å²) in [6.07, 6.45) is 4.22. The van der Waals surface area contributed by atoms with Gasteiger partial charge < -0.3 is 14.0 Å². The van der Waals surface area contributed by atoms with Gasteiger partial charge >= 0.3 is 5.97 Å². The molecule has 0 N–H and O–H groups in total. The third-order valence-electron chi connectivity index (χ3n) is 6.15. The lowest BCUT2D eigenvalue weighted by Gasteiger charge is -2.46. The maximum Gasteiger partial charge on any atom is 0.310 e. The number of carbonyl (C=O) groups excluding carboxylic acids is 1. The smallest absolute Gasteiger partial charge is 0.310 e. The van der Waals surface area contributed by atoms with E-state index in [1.165, 1.54) is 22.0 Å². The van der Waals surface area contributed by atoms with Crippen molar-refractivity contribution in [3.8, 4) is 0 Å². The minimum Gasteiger partial charge on any atom is -0.463 e. The van der Waals surface area contributed by atoms with Crippen molar-refractivity contribution in [2.45, 2.75) is 31.7 Å². The number of hydrogen-bond donors (Lipinski definition) is 0. The van der Waals surface area contributed by atoms with Crippen LogP contribution in [0.4, 0.5) is 0 Å². The molecule has 0 saturated carbocycles. The molecule has 2 aliphatic rings. The second-order valence-corrected chi connectivity index (χ2v) is 7.57. The van der Waals surface area contributed by atoms with Crippen LogP contribution in [-0.4, -0.2) is 54.9 Å². The van der Waals surface area contributed by atoms with E-state index in [-0.39, 0.29) is 11.9 Å². The average molecular weight is 356 g/mol. The first-order chi connectivity index (χ1) is 12.6. The molecule has 4 rings (SSSR count). The Morgan fingerprint density at radius 3 is 2.92 bits per heavy atom. The molecule has 2 aromatic rings. The maximum absolute atomic E-state index is 12.6. The Labute approximate surface area is 154 Å². The van der Waals surface area contributed by atoms with E-state index in [1.807, 2.05) is 0 Å². The summed E-state index contributed by atoms with van der Waals surface area (Å²) in [7, 11) is 3.75. The molecule has 5 heteroatoms. The number of hydrogen-bond acceptors (Lipinski definition) is 4. The molecular formula is C21H28N2O3. The highest BCUT2D eigenvalue weighted by molar-refractivity contribution is 5.89. The molecule has 26 heavy (non-hydrogen) atoms. The molecule has 0 amide bonds. The van der Waals surface area contributed by atoms with Crippen LogP contribution in [0.1, 0.15) is 30.4 Å². The molecule has 0 bridgehead atoms. The summed E-state index contributed by atoms with van der Waals surface area (Å²) in [6, 6.07) is 7.08. The van der Waals surface area contributed by atoms with Gasteiger partial charge in [0.2, 0.25) is 0 Å². The van der Waals surface area contributed by atoms with Crippen molar-refractivity contribution in [3.63, 3.8) is 0 Å². The van der Waals surface area contributed by atoms with Crippen molar-refractivity contribution in [1.82, 2.24) is 9.47 Å². The number of esters is 1. The second kappa shape index (κ2) is 7.05. The standard InChI is InChI=1S/C21H28N2O3/c1-4-23-13-15(21(24)26-9-8-25-3)10-17-16-6-5-7-18-20(16)14(11-19(17)23)12-22(18)2/h5-7,12,15,17,19H,4,8-11,13H2,1-3H3/t15-,17-,19-/m1/s1. The number of fused-ring (bicyclic) bond motifs is 2. The molecule has 3 atom stereocenters. The SMILES string of the molecule is CCN1C[C@H](C(=O)OCCOC)C[C@@H]2c3cccc4c3c(cn4C)C[C@H]21. The fourth-order valence-corrected chi connectivity index (χ4v) is 4.95. The van der Waals surface area contributed by atoms with Crippen molar-refractivity contribution >= 4 is 16.9 Å². The first-order valence-electron chi connectivity index (χ1n) is 9.60. The zero-order valence-corrected chi connectivity index (χ0v) is 15.9. The van der Waals surface area contributed by atoms with E-state index >= 15 is 0 Å². The Kier molecular flexibility index (Phi) is 4.76. The number of methoxy groups -OCH3 is 1. The number of carbonyl (C=O) groups is 1. The van der Waals surface area contributed by atoms with Crippen molar-refractivity contribution in [3.05, 3.63) is 35.5 Å². The second-order valence-electron chi connectivity index (χ2n) is 7.57. The van der Waals surface area contributed by atoms with Crippen LogP contribution in [0, 0.1) is 5.92 Å². The topological polar surface area (TPSA) is 43.7 Å². The first kappa shape index (κ1) is 17.6. The molecule has 1 aliphatic heterocycles. The Morgan fingerprint density at radius 2 is 2.15 bits per heavy atom. The lowest BCUT2D eigenvalue weighted by molar-refractivity contribution is -0.152. The number of ether oxygens (including phenoxy) is 2. The number of aromatic nitrogens is 1. The summed E-state index contributed by atoms with van der Waals surface area (Å²) in [4.78, 5) is 15.1. The molecule has 0 radical (unpaired) electrons. The van der Waals surface area contributed by atoms with Gasteiger partial charge in [0.25, 0.3) is 0 Å². The first-order valence-corrected chi connectivity index (χ1v) is 9.60. The monoisotopic (exact) mass is 356 g/mol. The Balaban J connectivity index is 1.65. The van der Waals surface area contributed by atoms with Crippen molar-refractivity contribution in [2.75, 3.05) is 33.4 Å². The van der Waals surface area contributed by atoms with Crippen LogP contribution >= 0.6 is 0 Å². The molecule has 5 nitrogen and oxygen atoms in total. The zero-order valence-electron chi connectivity index (χ0n) is 15.9. The lowest BCUT2D eigenvalue weighted by atomic mass is 9.72. The van der Waals surface area contributed by atoms with Gasteiger partial charge in [-0.05, 0) is 36.6 Å². The molecule has 140 valence electrons. The molecule has 2 heterocycles. The number of likely N-dealkylation sites (tertiary alicyclic amines) is 1. The van der Waals surface area contributed by atoms with Crippen LogP contribution in [-0.2, 0) is 27.7 Å². The van der Waals surface area contributed by atoms with Gasteiger partial charge in [0.15, 0.2) is 0 Å². The normalized spacial score (nSPS) is 25.3. The molecule has 1 fully saturated rings. The molecule has 0 spiro atoms. The van der Waals surface area contributed by atoms with Crippen molar-refractivity contribution in [2.24, 2.45) is 13.0 Å². The number of nitrogens with zero attached hydrogens (tertiary/aromatic N) is 2. The van der Waals surface area contributed by atoms with Crippen LogP contribution in [0.25, 0.3) is 10.9 Å². The number of benzene rings is 1. The van der Waals surface area contributed by atoms with E-state index in [1.54, 1.807) is 7.11 Å². The summed E-state index contributed by atoms with van der Waals surface area (Å²) < 4.78 is 12.7. The van der Waals surface area contributed by atoms with Crippen molar-refractivity contribution < 1.29 is 14.3 Å². The quantitative estimate of drug-likeness (QED) is 0.610. The molecule has 1 aliphatic carbocycles. The predicted molar refractivity (Wildman–Crippen MR) is 101 cm³/mol. The fourth-order valence-electron chi connectivity index (χ4n) is 4.95.